The molecule has 0 spiro atoms. The Kier molecular flexibility index (Phi) is 6.03. The summed E-state index contributed by atoms with van der Waals surface area (Å²) in [5.41, 5.74) is 4.17. The number of thiocarbonyl (C=S) groups is 1. The third kappa shape index (κ3) is 5.73. The highest BCUT2D eigenvalue weighted by Crippen LogP contribution is 2.11. The van der Waals surface area contributed by atoms with Gasteiger partial charge in [0.25, 0.3) is 0 Å². The van der Waals surface area contributed by atoms with E-state index in [0.29, 0.717) is 16.5 Å². The molecule has 0 saturated heterocycles. The van der Waals surface area contributed by atoms with E-state index in [1.165, 1.54) is 12.1 Å². The third-order valence-electron chi connectivity index (χ3n) is 2.67. The van der Waals surface area contributed by atoms with E-state index in [1.807, 2.05) is 6.07 Å². The largest absolute Gasteiger partial charge is 0.479 e. The molecule has 23 heavy (non-hydrogen) atoms. The Labute approximate surface area is 138 Å². The molecule has 2 N–H and O–H groups in total. The molecule has 5 nitrogen and oxygen atoms in total. The zero-order valence-electron chi connectivity index (χ0n) is 12.0. The number of nitrogens with one attached hydrogen (secondary N) is 2. The lowest BCUT2D eigenvalue weighted by atomic mass is 10.2. The first-order chi connectivity index (χ1) is 11.2. The summed E-state index contributed by atoms with van der Waals surface area (Å²) in [6, 6.07) is 14.8. The number of ether oxygens (including phenoxy) is 1. The van der Waals surface area contributed by atoms with E-state index >= 15 is 0 Å². The van der Waals surface area contributed by atoms with Crippen molar-refractivity contribution < 1.29 is 9.13 Å². The number of hydrogen-bond acceptors (Lipinski definition) is 4. The maximum absolute atomic E-state index is 12.8. The Hall–Kier alpha value is -2.98. The fraction of sp³-hybridized carbons (Fsp3) is 0.0625. The van der Waals surface area contributed by atoms with Crippen LogP contribution in [0.15, 0.2) is 53.6 Å². The number of nitrogens with zero attached hydrogens (tertiary/aromatic N) is 2. The second-order valence-electron chi connectivity index (χ2n) is 4.35. The maximum atomic E-state index is 12.8. The summed E-state index contributed by atoms with van der Waals surface area (Å²) in [6.45, 7) is 0.0122. The molecule has 0 aromatic heterocycles. The number of benzene rings is 2. The van der Waals surface area contributed by atoms with Gasteiger partial charge in [-0.2, -0.15) is 10.4 Å². The molecule has 7 heteroatoms. The normalized spacial score (nSPS) is 10.1. The Bertz CT molecular complexity index is 723. The molecule has 0 unspecified atom stereocenters. The van der Waals surface area contributed by atoms with Crippen molar-refractivity contribution in [2.45, 2.75) is 0 Å². The van der Waals surface area contributed by atoms with Crippen LogP contribution in [0.3, 0.4) is 0 Å². The number of anilines is 1. The molecular weight excluding hydrogens is 315 g/mol. The van der Waals surface area contributed by atoms with Gasteiger partial charge in [0.15, 0.2) is 11.7 Å². The smallest absolute Gasteiger partial charge is 0.191 e. The minimum absolute atomic E-state index is 0.0122. The first-order valence-corrected chi connectivity index (χ1v) is 7.03. The molecule has 0 atom stereocenters. The standard InChI is InChI=1S/C16H13FN4OS/c17-13-3-5-14(6-4-13)20-16(23)21-19-11-12-1-7-15(8-2-12)22-10-9-18/h1-8,11H,10H2,(H2,20,21,23)/b19-11-. The molecule has 116 valence electrons. The van der Waals surface area contributed by atoms with Crippen LogP contribution < -0.4 is 15.5 Å². The summed E-state index contributed by atoms with van der Waals surface area (Å²) < 4.78 is 17.9. The summed E-state index contributed by atoms with van der Waals surface area (Å²) in [5.74, 6) is 0.305. The van der Waals surface area contributed by atoms with Gasteiger partial charge in [0.1, 0.15) is 17.6 Å². The molecule has 0 amide bonds. The highest BCUT2D eigenvalue weighted by Gasteiger charge is 1.97. The van der Waals surface area contributed by atoms with E-state index < -0.39 is 0 Å². The first-order valence-electron chi connectivity index (χ1n) is 6.63. The molecule has 0 saturated carbocycles. The monoisotopic (exact) mass is 328 g/mol. The van der Waals surface area contributed by atoms with Crippen molar-refractivity contribution in [1.82, 2.24) is 5.43 Å². The molecule has 0 radical (unpaired) electrons. The minimum Gasteiger partial charge on any atom is -0.479 e. The molecule has 2 rings (SSSR count). The number of hydrazone groups is 1. The molecule has 0 bridgehead atoms. The Morgan fingerprint density at radius 1 is 1.22 bits per heavy atom. The van der Waals surface area contributed by atoms with E-state index in [2.05, 4.69) is 15.8 Å². The second-order valence-corrected chi connectivity index (χ2v) is 4.76. The summed E-state index contributed by atoms with van der Waals surface area (Å²) in [6.07, 6.45) is 1.59. The summed E-state index contributed by atoms with van der Waals surface area (Å²) in [4.78, 5) is 0. The van der Waals surface area contributed by atoms with Crippen molar-refractivity contribution >= 4 is 29.2 Å². The van der Waals surface area contributed by atoms with Gasteiger partial charge in [-0.3, -0.25) is 5.43 Å². The fourth-order valence-electron chi connectivity index (χ4n) is 1.62. The van der Waals surface area contributed by atoms with Crippen LogP contribution in [0, 0.1) is 17.1 Å². The Balaban J connectivity index is 1.82. The van der Waals surface area contributed by atoms with Gasteiger partial charge in [-0.05, 0) is 66.3 Å². The van der Waals surface area contributed by atoms with E-state index in [9.17, 15) is 4.39 Å². The Morgan fingerprint density at radius 2 is 1.91 bits per heavy atom. The Morgan fingerprint density at radius 3 is 2.57 bits per heavy atom. The van der Waals surface area contributed by atoms with Crippen LogP contribution in [0.4, 0.5) is 10.1 Å². The van der Waals surface area contributed by atoms with Gasteiger partial charge in [0.2, 0.25) is 0 Å². The van der Waals surface area contributed by atoms with Gasteiger partial charge in [0, 0.05) is 5.69 Å². The molecule has 0 aliphatic rings. The minimum atomic E-state index is -0.311. The van der Waals surface area contributed by atoms with Crippen LogP contribution >= 0.6 is 12.2 Å². The number of halogens is 1. The van der Waals surface area contributed by atoms with E-state index in [0.717, 1.165) is 5.56 Å². The van der Waals surface area contributed by atoms with Gasteiger partial charge >= 0.3 is 0 Å². The lowest BCUT2D eigenvalue weighted by Crippen LogP contribution is -2.23. The predicted octanol–water partition coefficient (Wildman–Crippen LogP) is 3.05. The lowest BCUT2D eigenvalue weighted by Gasteiger charge is -2.06. The van der Waals surface area contributed by atoms with Crippen LogP contribution in [0.25, 0.3) is 0 Å². The van der Waals surface area contributed by atoms with E-state index in [1.54, 1.807) is 42.6 Å². The van der Waals surface area contributed by atoms with Crippen LogP contribution in [-0.2, 0) is 0 Å². The average Bonchev–Trinajstić information content (AvgIpc) is 2.56. The number of nitriles is 1. The number of rotatable bonds is 5. The summed E-state index contributed by atoms with van der Waals surface area (Å²) in [7, 11) is 0. The van der Waals surface area contributed by atoms with Crippen LogP contribution in [-0.4, -0.2) is 17.9 Å². The van der Waals surface area contributed by atoms with Gasteiger partial charge in [-0.15, -0.1) is 0 Å². The molecule has 2 aromatic carbocycles. The molecule has 0 heterocycles. The van der Waals surface area contributed by atoms with Crippen molar-refractivity contribution in [3.63, 3.8) is 0 Å². The summed E-state index contributed by atoms with van der Waals surface area (Å²) >= 11 is 5.07. The van der Waals surface area contributed by atoms with Gasteiger partial charge in [0.05, 0.1) is 6.21 Å². The predicted molar refractivity (Wildman–Crippen MR) is 90.9 cm³/mol. The lowest BCUT2D eigenvalue weighted by molar-refractivity contribution is 0.368. The molecule has 0 aliphatic carbocycles. The number of hydrogen-bond donors (Lipinski definition) is 2. The molecule has 2 aromatic rings. The topological polar surface area (TPSA) is 69.4 Å². The van der Waals surface area contributed by atoms with Crippen LogP contribution in [0.5, 0.6) is 5.75 Å². The van der Waals surface area contributed by atoms with Crippen molar-refractivity contribution in [3.8, 4) is 11.8 Å². The molecule has 0 aliphatic heterocycles. The third-order valence-corrected chi connectivity index (χ3v) is 2.86. The van der Waals surface area contributed by atoms with Crippen molar-refractivity contribution in [2.75, 3.05) is 11.9 Å². The molecular formula is C16H13FN4OS. The van der Waals surface area contributed by atoms with Crippen molar-refractivity contribution in [1.29, 1.82) is 5.26 Å². The van der Waals surface area contributed by atoms with E-state index in [-0.39, 0.29) is 12.4 Å². The fourth-order valence-corrected chi connectivity index (χ4v) is 1.79. The van der Waals surface area contributed by atoms with Gasteiger partial charge < -0.3 is 10.1 Å². The second kappa shape index (κ2) is 8.46. The SMILES string of the molecule is N#CCOc1ccc(/C=N\NC(=S)Nc2ccc(F)cc2)cc1. The van der Waals surface area contributed by atoms with E-state index in [4.69, 9.17) is 22.2 Å². The van der Waals surface area contributed by atoms with Crippen LogP contribution in [0.2, 0.25) is 0 Å². The summed E-state index contributed by atoms with van der Waals surface area (Å²) in [5, 5.41) is 15.6. The van der Waals surface area contributed by atoms with Gasteiger partial charge in [-0.25, -0.2) is 4.39 Å². The highest BCUT2D eigenvalue weighted by molar-refractivity contribution is 7.80. The maximum Gasteiger partial charge on any atom is 0.191 e. The van der Waals surface area contributed by atoms with Crippen LogP contribution in [0.1, 0.15) is 5.56 Å². The van der Waals surface area contributed by atoms with Gasteiger partial charge in [-0.1, -0.05) is 0 Å². The zero-order valence-corrected chi connectivity index (χ0v) is 12.8. The molecule has 0 fully saturated rings. The quantitative estimate of drug-likeness (QED) is 0.501. The van der Waals surface area contributed by atoms with Crippen molar-refractivity contribution in [2.24, 2.45) is 5.10 Å². The zero-order chi connectivity index (χ0) is 16.5. The average molecular weight is 328 g/mol. The highest BCUT2D eigenvalue weighted by atomic mass is 32.1. The van der Waals surface area contributed by atoms with Crippen molar-refractivity contribution in [3.05, 3.63) is 59.9 Å². The first kappa shape index (κ1) is 16.4.